The summed E-state index contributed by atoms with van der Waals surface area (Å²) in [6, 6.07) is -0.789. The van der Waals surface area contributed by atoms with Crippen molar-refractivity contribution in [1.82, 2.24) is 5.32 Å². The zero-order valence-electron chi connectivity index (χ0n) is 15.0. The van der Waals surface area contributed by atoms with Gasteiger partial charge in [-0.05, 0) is 6.42 Å². The second-order valence-electron chi connectivity index (χ2n) is 5.23. The van der Waals surface area contributed by atoms with Gasteiger partial charge in [-0.2, -0.15) is 0 Å². The lowest BCUT2D eigenvalue weighted by Gasteiger charge is -2.11. The van der Waals surface area contributed by atoms with Crippen LogP contribution < -0.4 is 11.1 Å². The van der Waals surface area contributed by atoms with Crippen LogP contribution in [-0.4, -0.2) is 88.7 Å². The van der Waals surface area contributed by atoms with Gasteiger partial charge >= 0.3 is 5.97 Å². The fraction of sp³-hybridized carbons (Fsp3) is 0.812. The van der Waals surface area contributed by atoms with Crippen molar-refractivity contribution in [3.05, 3.63) is 0 Å². The molecular formula is C16H30N2O8. The summed E-state index contributed by atoms with van der Waals surface area (Å²) < 4.78 is 21.0. The van der Waals surface area contributed by atoms with Crippen LogP contribution in [0.15, 0.2) is 0 Å². The molecule has 0 saturated carbocycles. The smallest absolute Gasteiger partial charge is 0.303 e. The molecule has 0 aromatic carbocycles. The summed E-state index contributed by atoms with van der Waals surface area (Å²) in [5.74, 6) is -1.38. The average Bonchev–Trinajstić information content (AvgIpc) is 2.62. The number of carboxylic acid groups (broad SMARTS) is 1. The van der Waals surface area contributed by atoms with Gasteiger partial charge in [0.1, 0.15) is 6.29 Å². The van der Waals surface area contributed by atoms with Crippen LogP contribution in [0.2, 0.25) is 0 Å². The lowest BCUT2D eigenvalue weighted by Crippen LogP contribution is -2.36. The van der Waals surface area contributed by atoms with Gasteiger partial charge in [-0.1, -0.05) is 0 Å². The van der Waals surface area contributed by atoms with Gasteiger partial charge in [-0.3, -0.25) is 9.59 Å². The molecule has 0 aromatic heterocycles. The lowest BCUT2D eigenvalue weighted by molar-refractivity contribution is -0.137. The summed E-state index contributed by atoms with van der Waals surface area (Å²) in [5, 5.41) is 11.0. The summed E-state index contributed by atoms with van der Waals surface area (Å²) in [5.41, 5.74) is 5.27. The minimum absolute atomic E-state index is 0.0699. The molecule has 4 N–H and O–H groups in total. The van der Waals surface area contributed by atoms with Crippen molar-refractivity contribution in [2.24, 2.45) is 5.73 Å². The number of carbonyl (C=O) groups excluding carboxylic acids is 2. The highest BCUT2D eigenvalue weighted by molar-refractivity contribution is 5.80. The number of carboxylic acids is 1. The standard InChI is InChI=1S/C16H30N2O8/c17-4-6-24-8-10-26-12-11-25-9-7-23-5-3-15(20)18-14(13-19)1-2-16(21)22/h13-14H,1-12,17H2,(H,18,20)(H,21,22). The van der Waals surface area contributed by atoms with E-state index in [4.69, 9.17) is 29.8 Å². The minimum Gasteiger partial charge on any atom is -0.481 e. The molecule has 10 nitrogen and oxygen atoms in total. The molecule has 1 atom stereocenters. The normalized spacial score (nSPS) is 11.9. The molecule has 0 aliphatic heterocycles. The van der Waals surface area contributed by atoms with Gasteiger partial charge in [0.15, 0.2) is 0 Å². The monoisotopic (exact) mass is 378 g/mol. The van der Waals surface area contributed by atoms with E-state index < -0.39 is 12.0 Å². The number of carbonyl (C=O) groups is 3. The third-order valence-corrected chi connectivity index (χ3v) is 3.03. The van der Waals surface area contributed by atoms with Gasteiger partial charge in [0.05, 0.1) is 58.9 Å². The Balaban J connectivity index is 3.39. The van der Waals surface area contributed by atoms with Crippen LogP contribution in [-0.2, 0) is 33.3 Å². The molecule has 26 heavy (non-hydrogen) atoms. The Morgan fingerprint density at radius 2 is 1.38 bits per heavy atom. The van der Waals surface area contributed by atoms with Gasteiger partial charge < -0.3 is 39.9 Å². The zero-order valence-corrected chi connectivity index (χ0v) is 15.0. The second kappa shape index (κ2) is 18.2. The molecule has 0 aromatic rings. The van der Waals surface area contributed by atoms with Crippen molar-refractivity contribution < 1.29 is 38.4 Å². The number of hydrogen-bond donors (Lipinski definition) is 3. The van der Waals surface area contributed by atoms with E-state index in [2.05, 4.69) is 5.32 Å². The topological polar surface area (TPSA) is 146 Å². The van der Waals surface area contributed by atoms with E-state index in [1.54, 1.807) is 0 Å². The van der Waals surface area contributed by atoms with Gasteiger partial charge in [0.2, 0.25) is 5.91 Å². The van der Waals surface area contributed by atoms with Crippen LogP contribution in [0.3, 0.4) is 0 Å². The minimum atomic E-state index is -1.01. The Morgan fingerprint density at radius 1 is 0.885 bits per heavy atom. The largest absolute Gasteiger partial charge is 0.481 e. The first kappa shape index (κ1) is 24.4. The summed E-state index contributed by atoms with van der Waals surface area (Å²) in [4.78, 5) is 32.8. The Kier molecular flexibility index (Phi) is 17.1. The predicted molar refractivity (Wildman–Crippen MR) is 91.8 cm³/mol. The van der Waals surface area contributed by atoms with Crippen molar-refractivity contribution in [1.29, 1.82) is 0 Å². The van der Waals surface area contributed by atoms with Crippen LogP contribution in [0.1, 0.15) is 19.3 Å². The van der Waals surface area contributed by atoms with Crippen LogP contribution in [0.4, 0.5) is 0 Å². The summed E-state index contributed by atoms with van der Waals surface area (Å²) in [6.45, 7) is 3.80. The number of hydrogen-bond acceptors (Lipinski definition) is 8. The molecule has 0 aliphatic carbocycles. The quantitative estimate of drug-likeness (QED) is 0.189. The van der Waals surface area contributed by atoms with Crippen LogP contribution in [0.5, 0.6) is 0 Å². The fourth-order valence-electron chi connectivity index (χ4n) is 1.74. The van der Waals surface area contributed by atoms with Crippen molar-refractivity contribution in [2.45, 2.75) is 25.3 Å². The number of nitrogens with two attached hydrogens (primary N) is 1. The lowest BCUT2D eigenvalue weighted by atomic mass is 10.1. The molecule has 0 rings (SSSR count). The van der Waals surface area contributed by atoms with Gasteiger partial charge in [-0.25, -0.2) is 0 Å². The fourth-order valence-corrected chi connectivity index (χ4v) is 1.74. The molecule has 152 valence electrons. The second-order valence-corrected chi connectivity index (χ2v) is 5.23. The van der Waals surface area contributed by atoms with Crippen molar-refractivity contribution >= 4 is 18.2 Å². The average molecular weight is 378 g/mol. The highest BCUT2D eigenvalue weighted by Crippen LogP contribution is 1.96. The van der Waals surface area contributed by atoms with Crippen LogP contribution >= 0.6 is 0 Å². The van der Waals surface area contributed by atoms with E-state index in [9.17, 15) is 14.4 Å². The first-order valence-electron chi connectivity index (χ1n) is 8.57. The zero-order chi connectivity index (χ0) is 19.5. The van der Waals surface area contributed by atoms with E-state index >= 15 is 0 Å². The van der Waals surface area contributed by atoms with Gasteiger partial charge in [-0.15, -0.1) is 0 Å². The summed E-state index contributed by atoms with van der Waals surface area (Å²) >= 11 is 0. The predicted octanol–water partition coefficient (Wildman–Crippen LogP) is -1.05. The number of aldehydes is 1. The SMILES string of the molecule is NCCOCCOCCOCCOCCC(=O)NC(C=O)CCC(=O)O. The number of amides is 1. The number of rotatable bonds is 19. The maximum Gasteiger partial charge on any atom is 0.303 e. The van der Waals surface area contributed by atoms with Crippen LogP contribution in [0.25, 0.3) is 0 Å². The van der Waals surface area contributed by atoms with E-state index in [-0.39, 0.29) is 31.8 Å². The maximum absolute atomic E-state index is 11.6. The third-order valence-electron chi connectivity index (χ3n) is 3.03. The molecule has 0 saturated heterocycles. The van der Waals surface area contributed by atoms with Gasteiger partial charge in [0.25, 0.3) is 0 Å². The molecule has 0 spiro atoms. The Hall–Kier alpha value is -1.59. The number of nitrogens with one attached hydrogen (secondary N) is 1. The molecule has 0 fully saturated rings. The number of ether oxygens (including phenoxy) is 4. The molecule has 1 amide bonds. The Labute approximate surface area is 153 Å². The highest BCUT2D eigenvalue weighted by Gasteiger charge is 2.12. The molecule has 10 heteroatoms. The van der Waals surface area contributed by atoms with E-state index in [1.165, 1.54) is 0 Å². The molecule has 0 radical (unpaired) electrons. The summed E-state index contributed by atoms with van der Waals surface area (Å²) in [6.07, 6.45) is 0.508. The summed E-state index contributed by atoms with van der Waals surface area (Å²) in [7, 11) is 0. The Morgan fingerprint density at radius 3 is 1.85 bits per heavy atom. The molecule has 0 aliphatic rings. The molecule has 1 unspecified atom stereocenters. The first-order chi connectivity index (χ1) is 12.6. The van der Waals surface area contributed by atoms with E-state index in [0.29, 0.717) is 59.1 Å². The van der Waals surface area contributed by atoms with Crippen molar-refractivity contribution in [3.63, 3.8) is 0 Å². The van der Waals surface area contributed by atoms with Crippen molar-refractivity contribution in [3.8, 4) is 0 Å². The van der Waals surface area contributed by atoms with Gasteiger partial charge in [0, 0.05) is 19.4 Å². The molecular weight excluding hydrogens is 348 g/mol. The van der Waals surface area contributed by atoms with E-state index in [1.807, 2.05) is 0 Å². The molecule has 0 bridgehead atoms. The highest BCUT2D eigenvalue weighted by atomic mass is 16.6. The molecule has 0 heterocycles. The third kappa shape index (κ3) is 17.2. The van der Waals surface area contributed by atoms with E-state index in [0.717, 1.165) is 0 Å². The Bertz CT molecular complexity index is 381. The van der Waals surface area contributed by atoms with Crippen LogP contribution in [0, 0.1) is 0 Å². The first-order valence-corrected chi connectivity index (χ1v) is 8.57. The maximum atomic E-state index is 11.6. The van der Waals surface area contributed by atoms with Crippen molar-refractivity contribution in [2.75, 3.05) is 59.4 Å². The number of aliphatic carboxylic acids is 1.